The lowest BCUT2D eigenvalue weighted by atomic mass is 10.0. The summed E-state index contributed by atoms with van der Waals surface area (Å²) in [5.74, 6) is 5.28. The zero-order chi connectivity index (χ0) is 25.0. The summed E-state index contributed by atoms with van der Waals surface area (Å²) in [7, 11) is 2.08. The number of piperidine rings is 1. The average Bonchev–Trinajstić information content (AvgIpc) is 3.15. The number of hydrogen-bond donors (Lipinski definition) is 2. The van der Waals surface area contributed by atoms with Crippen molar-refractivity contribution >= 4 is 22.5 Å². The first kappa shape index (κ1) is 24.6. The van der Waals surface area contributed by atoms with E-state index in [1.54, 1.807) is 30.3 Å². The van der Waals surface area contributed by atoms with Crippen LogP contribution in [0.4, 0.5) is 18.9 Å². The van der Waals surface area contributed by atoms with Crippen molar-refractivity contribution in [1.82, 2.24) is 19.8 Å². The van der Waals surface area contributed by atoms with E-state index in [-0.39, 0.29) is 24.2 Å². The molecule has 6 nitrogen and oxygen atoms in total. The van der Waals surface area contributed by atoms with Gasteiger partial charge in [-0.2, -0.15) is 13.2 Å². The van der Waals surface area contributed by atoms with Crippen molar-refractivity contribution in [3.05, 3.63) is 59.5 Å². The molecule has 0 aliphatic carbocycles. The van der Waals surface area contributed by atoms with Crippen molar-refractivity contribution in [3.8, 4) is 11.8 Å². The monoisotopic (exact) mass is 483 g/mol. The van der Waals surface area contributed by atoms with Gasteiger partial charge in [0.2, 0.25) is 0 Å². The van der Waals surface area contributed by atoms with Gasteiger partial charge in [-0.05, 0) is 76.2 Å². The Kier molecular flexibility index (Phi) is 7.31. The van der Waals surface area contributed by atoms with E-state index in [0.717, 1.165) is 37.3 Å². The summed E-state index contributed by atoms with van der Waals surface area (Å²) in [4.78, 5) is 18.6. The number of alkyl halides is 3. The lowest BCUT2D eigenvalue weighted by Gasteiger charge is -2.30. The van der Waals surface area contributed by atoms with Crippen molar-refractivity contribution in [1.29, 1.82) is 0 Å². The third-order valence-corrected chi connectivity index (χ3v) is 6.09. The number of nitrogens with one attached hydrogen (secondary N) is 2. The predicted molar refractivity (Wildman–Crippen MR) is 130 cm³/mol. The highest BCUT2D eigenvalue weighted by Gasteiger charge is 2.30. The highest BCUT2D eigenvalue weighted by molar-refractivity contribution is 5.95. The van der Waals surface area contributed by atoms with Gasteiger partial charge in [-0.25, -0.2) is 0 Å². The zero-order valence-corrected chi connectivity index (χ0v) is 19.7. The molecule has 9 heteroatoms. The van der Waals surface area contributed by atoms with Crippen LogP contribution in [0.1, 0.15) is 34.6 Å². The summed E-state index contributed by atoms with van der Waals surface area (Å²) in [6.45, 7) is 2.64. The van der Waals surface area contributed by atoms with Crippen LogP contribution in [0.25, 0.3) is 10.9 Å². The number of rotatable bonds is 5. The van der Waals surface area contributed by atoms with Crippen LogP contribution in [-0.2, 0) is 6.54 Å². The van der Waals surface area contributed by atoms with Gasteiger partial charge in [0.1, 0.15) is 6.54 Å². The van der Waals surface area contributed by atoms with E-state index in [0.29, 0.717) is 16.5 Å². The van der Waals surface area contributed by atoms with Gasteiger partial charge >= 0.3 is 6.18 Å². The molecule has 0 atom stereocenters. The van der Waals surface area contributed by atoms with Crippen LogP contribution < -0.4 is 10.6 Å². The molecule has 2 aromatic heterocycles. The second-order valence-electron chi connectivity index (χ2n) is 8.86. The van der Waals surface area contributed by atoms with Crippen LogP contribution in [0.3, 0.4) is 0 Å². The third-order valence-electron chi connectivity index (χ3n) is 6.09. The van der Waals surface area contributed by atoms with Crippen molar-refractivity contribution in [2.45, 2.75) is 38.5 Å². The van der Waals surface area contributed by atoms with Gasteiger partial charge < -0.3 is 20.1 Å². The number of hydrogen-bond acceptors (Lipinski definition) is 4. The minimum Gasteiger partial charge on any atom is -0.382 e. The molecule has 184 valence electrons. The summed E-state index contributed by atoms with van der Waals surface area (Å²) in [5.41, 5.74) is 2.72. The Morgan fingerprint density at radius 3 is 2.66 bits per heavy atom. The zero-order valence-electron chi connectivity index (χ0n) is 19.7. The maximum absolute atomic E-state index is 13.4. The molecule has 0 radical (unpaired) electrons. The fourth-order valence-corrected chi connectivity index (χ4v) is 4.20. The highest BCUT2D eigenvalue weighted by Crippen LogP contribution is 2.31. The molecule has 0 unspecified atom stereocenters. The van der Waals surface area contributed by atoms with Gasteiger partial charge in [0.25, 0.3) is 5.91 Å². The third kappa shape index (κ3) is 6.34. The fourth-order valence-electron chi connectivity index (χ4n) is 4.20. The lowest BCUT2D eigenvalue weighted by Crippen LogP contribution is -2.36. The molecule has 35 heavy (non-hydrogen) atoms. The number of halogens is 3. The van der Waals surface area contributed by atoms with E-state index in [1.165, 1.54) is 10.8 Å². The highest BCUT2D eigenvalue weighted by atomic mass is 19.4. The predicted octanol–water partition coefficient (Wildman–Crippen LogP) is 4.19. The first-order valence-electron chi connectivity index (χ1n) is 11.5. The smallest absolute Gasteiger partial charge is 0.382 e. The van der Waals surface area contributed by atoms with Crippen molar-refractivity contribution < 1.29 is 18.0 Å². The number of aryl methyl sites for hydroxylation is 1. The number of carbonyl (C=O) groups excluding carboxylic acids is 1. The van der Waals surface area contributed by atoms with Crippen LogP contribution in [0.5, 0.6) is 0 Å². The van der Waals surface area contributed by atoms with Gasteiger partial charge in [0, 0.05) is 29.0 Å². The number of benzene rings is 1. The molecule has 0 saturated carbocycles. The van der Waals surface area contributed by atoms with Crippen LogP contribution in [-0.4, -0.2) is 59.3 Å². The molecule has 1 aromatic carbocycles. The van der Waals surface area contributed by atoms with Gasteiger partial charge in [-0.3, -0.25) is 9.78 Å². The molecule has 0 spiro atoms. The van der Waals surface area contributed by atoms with E-state index in [4.69, 9.17) is 0 Å². The van der Waals surface area contributed by atoms with E-state index < -0.39 is 12.7 Å². The van der Waals surface area contributed by atoms with Gasteiger partial charge in [-0.15, -0.1) is 0 Å². The van der Waals surface area contributed by atoms with Crippen LogP contribution in [0.2, 0.25) is 0 Å². The van der Waals surface area contributed by atoms with E-state index in [2.05, 4.69) is 39.4 Å². The van der Waals surface area contributed by atoms with Crippen LogP contribution >= 0.6 is 0 Å². The minimum atomic E-state index is -4.40. The van der Waals surface area contributed by atoms with E-state index in [1.807, 2.05) is 13.0 Å². The Labute approximate surface area is 202 Å². The Morgan fingerprint density at radius 2 is 1.97 bits per heavy atom. The second kappa shape index (κ2) is 10.4. The molecule has 0 bridgehead atoms. The van der Waals surface area contributed by atoms with Crippen LogP contribution in [0.15, 0.2) is 42.6 Å². The normalized spacial score (nSPS) is 15.0. The molecular weight excluding hydrogens is 455 g/mol. The van der Waals surface area contributed by atoms with Gasteiger partial charge in [0.15, 0.2) is 0 Å². The number of pyridine rings is 1. The number of likely N-dealkylation sites (tertiary alicyclic amines) is 1. The molecule has 3 heterocycles. The number of fused-ring (bicyclic) bond motifs is 1. The summed E-state index contributed by atoms with van der Waals surface area (Å²) >= 11 is 0. The number of amides is 1. The molecule has 1 aliphatic heterocycles. The summed E-state index contributed by atoms with van der Waals surface area (Å²) in [5, 5.41) is 6.88. The fraction of sp³-hybridized carbons (Fsp3) is 0.385. The molecule has 1 amide bonds. The van der Waals surface area contributed by atoms with Crippen LogP contribution in [0, 0.1) is 18.8 Å². The topological polar surface area (TPSA) is 62.2 Å². The van der Waals surface area contributed by atoms with E-state index in [9.17, 15) is 18.0 Å². The maximum Gasteiger partial charge on any atom is 0.406 e. The Morgan fingerprint density at radius 1 is 1.20 bits per heavy atom. The Hall–Kier alpha value is -3.51. The molecular formula is C26H28F3N5O. The summed E-state index contributed by atoms with van der Waals surface area (Å²) in [6.07, 6.45) is -0.984. The molecule has 1 saturated heterocycles. The molecule has 3 aromatic rings. The quantitative estimate of drug-likeness (QED) is 0.535. The molecule has 4 rings (SSSR count). The number of carbonyl (C=O) groups is 1. The first-order chi connectivity index (χ1) is 16.7. The van der Waals surface area contributed by atoms with Crippen molar-refractivity contribution in [2.75, 3.05) is 32.0 Å². The van der Waals surface area contributed by atoms with Gasteiger partial charge in [-0.1, -0.05) is 12.0 Å². The number of aromatic nitrogens is 2. The second-order valence-corrected chi connectivity index (χ2v) is 8.86. The average molecular weight is 484 g/mol. The standard InChI is InChI=1S/C26H28F3N5O/c1-18-8-9-19(16-31-18)25(35)30-12-4-5-21-15-22-23(32-20-10-13-33(2)14-11-20)6-3-7-24(22)34(21)17-26(27,28)29/h3,6-9,15-16,20,32H,10-14,17H2,1-2H3,(H,30,35). The largest absolute Gasteiger partial charge is 0.406 e. The summed E-state index contributed by atoms with van der Waals surface area (Å²) < 4.78 is 41.4. The minimum absolute atomic E-state index is 0.000944. The van der Waals surface area contributed by atoms with Gasteiger partial charge in [0.05, 0.1) is 23.3 Å². The van der Waals surface area contributed by atoms with Crippen molar-refractivity contribution in [2.24, 2.45) is 0 Å². The molecule has 2 N–H and O–H groups in total. The summed E-state index contributed by atoms with van der Waals surface area (Å²) in [6, 6.07) is 10.7. The molecule has 1 aliphatic rings. The van der Waals surface area contributed by atoms with Crippen molar-refractivity contribution in [3.63, 3.8) is 0 Å². The maximum atomic E-state index is 13.4. The SMILES string of the molecule is Cc1ccc(C(=O)NCC#Cc2cc3c(NC4CCN(C)CC4)cccc3n2CC(F)(F)F)cn1. The Balaban J connectivity index is 1.56. The molecule has 1 fully saturated rings. The first-order valence-corrected chi connectivity index (χ1v) is 11.5. The Bertz CT molecular complexity index is 1250. The number of anilines is 1. The lowest BCUT2D eigenvalue weighted by molar-refractivity contribution is -0.140. The van der Waals surface area contributed by atoms with E-state index >= 15 is 0 Å². The number of nitrogens with zero attached hydrogens (tertiary/aromatic N) is 3.